The van der Waals surface area contributed by atoms with Crippen molar-refractivity contribution >= 4 is 24.0 Å². The van der Waals surface area contributed by atoms with Crippen LogP contribution >= 0.6 is 11.6 Å². The molecular formula is C8H6BClF5KO. The van der Waals surface area contributed by atoms with E-state index < -0.39 is 31.2 Å². The Balaban J connectivity index is 0.00000256. The van der Waals surface area contributed by atoms with E-state index in [2.05, 4.69) is 4.74 Å². The molecule has 1 rings (SSSR count). The summed E-state index contributed by atoms with van der Waals surface area (Å²) in [5.41, 5.74) is -0.936. The Morgan fingerprint density at radius 2 is 1.82 bits per heavy atom. The second-order valence-electron chi connectivity index (χ2n) is 2.97. The summed E-state index contributed by atoms with van der Waals surface area (Å²) in [6.45, 7) is -6.19. The van der Waals surface area contributed by atoms with Gasteiger partial charge in [0, 0.05) is 0 Å². The first-order valence-electron chi connectivity index (χ1n) is 4.21. The van der Waals surface area contributed by atoms with Gasteiger partial charge in [-0.2, -0.15) is 0 Å². The van der Waals surface area contributed by atoms with Crippen molar-refractivity contribution in [1.82, 2.24) is 0 Å². The van der Waals surface area contributed by atoms with Crippen LogP contribution in [-0.4, -0.2) is 20.0 Å². The fourth-order valence-corrected chi connectivity index (χ4v) is 1.16. The fraction of sp³-hybridized carbons (Fsp3) is 0.250. The summed E-state index contributed by atoms with van der Waals surface area (Å²) in [5.74, 6) is -0.390. The second-order valence-corrected chi connectivity index (χ2v) is 3.37. The average Bonchev–Trinajstić information content (AvgIpc) is 2.14. The first kappa shape index (κ1) is 17.7. The molecule has 0 aliphatic rings. The number of hydrogen-bond donors (Lipinski definition) is 0. The van der Waals surface area contributed by atoms with Gasteiger partial charge in [0.15, 0.2) is 0 Å². The smallest absolute Gasteiger partial charge is 0.486 e. The van der Waals surface area contributed by atoms with Gasteiger partial charge in [0.25, 0.3) is 6.43 Å². The zero-order valence-corrected chi connectivity index (χ0v) is 12.6. The number of halogens is 6. The molecule has 0 spiro atoms. The van der Waals surface area contributed by atoms with E-state index in [4.69, 9.17) is 11.6 Å². The topological polar surface area (TPSA) is 9.23 Å². The van der Waals surface area contributed by atoms with Crippen LogP contribution in [0.25, 0.3) is 0 Å². The van der Waals surface area contributed by atoms with Gasteiger partial charge < -0.3 is 17.7 Å². The largest absolute Gasteiger partial charge is 1.00 e. The maximum absolute atomic E-state index is 12.3. The summed E-state index contributed by atoms with van der Waals surface area (Å²) in [6.07, 6.45) is -2.77. The van der Waals surface area contributed by atoms with Crippen molar-refractivity contribution in [1.29, 1.82) is 0 Å². The molecule has 0 unspecified atom stereocenters. The minimum Gasteiger partial charge on any atom is -0.486 e. The molecule has 0 atom stereocenters. The summed E-state index contributed by atoms with van der Waals surface area (Å²) in [7, 11) is 0. The minimum absolute atomic E-state index is 0. The molecule has 0 aromatic heterocycles. The number of hydrogen-bond acceptors (Lipinski definition) is 1. The standard InChI is InChI=1S/C8H6BClF5O.K/c10-6-2-1-5(9(13,14)15)3-7(6)16-4-8(11)12;/h1-3,8H,4H2;/q-1;+1. The Bertz CT molecular complexity index is 373. The van der Waals surface area contributed by atoms with Crippen molar-refractivity contribution in [2.45, 2.75) is 6.43 Å². The Kier molecular flexibility index (Phi) is 7.58. The van der Waals surface area contributed by atoms with Crippen molar-refractivity contribution < 1.29 is 77.8 Å². The van der Waals surface area contributed by atoms with Crippen LogP contribution in [0.1, 0.15) is 0 Å². The Morgan fingerprint density at radius 3 is 2.29 bits per heavy atom. The molecule has 0 heterocycles. The molecular weight excluding hydrogens is 292 g/mol. The van der Waals surface area contributed by atoms with Gasteiger partial charge in [0.2, 0.25) is 0 Å². The third-order valence-electron chi connectivity index (χ3n) is 1.70. The zero-order valence-electron chi connectivity index (χ0n) is 8.77. The molecule has 0 amide bonds. The van der Waals surface area contributed by atoms with Gasteiger partial charge in [-0.1, -0.05) is 17.7 Å². The predicted molar refractivity (Wildman–Crippen MR) is 51.7 cm³/mol. The van der Waals surface area contributed by atoms with Gasteiger partial charge in [-0.3, -0.25) is 0 Å². The maximum atomic E-state index is 12.3. The van der Waals surface area contributed by atoms with E-state index in [1.165, 1.54) is 0 Å². The summed E-state index contributed by atoms with van der Waals surface area (Å²) in [4.78, 5) is 0. The molecule has 90 valence electrons. The van der Waals surface area contributed by atoms with Crippen molar-refractivity contribution in [2.24, 2.45) is 0 Å². The van der Waals surface area contributed by atoms with Crippen molar-refractivity contribution in [3.05, 3.63) is 23.2 Å². The summed E-state index contributed by atoms with van der Waals surface area (Å²) >= 11 is 5.50. The van der Waals surface area contributed by atoms with Gasteiger partial charge in [0.05, 0.1) is 5.02 Å². The molecule has 0 N–H and O–H groups in total. The van der Waals surface area contributed by atoms with Crippen molar-refractivity contribution in [3.63, 3.8) is 0 Å². The van der Waals surface area contributed by atoms with Crippen LogP contribution < -0.4 is 61.6 Å². The fourth-order valence-electron chi connectivity index (χ4n) is 0.987. The summed E-state index contributed by atoms with van der Waals surface area (Å²) < 4.78 is 65.0. The van der Waals surface area contributed by atoms with E-state index in [9.17, 15) is 21.7 Å². The molecule has 1 aromatic carbocycles. The first-order valence-corrected chi connectivity index (χ1v) is 4.59. The van der Waals surface area contributed by atoms with Gasteiger partial charge in [-0.05, 0) is 12.1 Å². The molecule has 0 saturated heterocycles. The van der Waals surface area contributed by atoms with Gasteiger partial charge in [-0.15, -0.1) is 5.46 Å². The molecule has 0 aliphatic carbocycles. The van der Waals surface area contributed by atoms with Crippen LogP contribution in [0.4, 0.5) is 21.7 Å². The van der Waals surface area contributed by atoms with E-state index in [1.807, 2.05) is 0 Å². The summed E-state index contributed by atoms with van der Waals surface area (Å²) in [5, 5.41) is -0.135. The Morgan fingerprint density at radius 1 is 1.24 bits per heavy atom. The maximum Gasteiger partial charge on any atom is 1.00 e. The van der Waals surface area contributed by atoms with E-state index in [0.717, 1.165) is 12.1 Å². The second kappa shape index (κ2) is 7.30. The number of rotatable bonds is 4. The number of ether oxygens (including phenoxy) is 1. The number of alkyl halides is 2. The first-order chi connectivity index (χ1) is 7.30. The average molecular weight is 298 g/mol. The van der Waals surface area contributed by atoms with Gasteiger partial charge in [-0.25, -0.2) is 8.78 Å². The Hall–Kier alpha value is 0.661. The molecule has 1 aromatic rings. The van der Waals surface area contributed by atoms with Gasteiger partial charge in [0.1, 0.15) is 12.4 Å². The van der Waals surface area contributed by atoms with Crippen LogP contribution in [0.3, 0.4) is 0 Å². The molecule has 0 aliphatic heterocycles. The zero-order chi connectivity index (χ0) is 12.3. The third-order valence-corrected chi connectivity index (χ3v) is 2.01. The van der Waals surface area contributed by atoms with Crippen molar-refractivity contribution in [3.8, 4) is 5.75 Å². The summed E-state index contributed by atoms with van der Waals surface area (Å²) in [6, 6.07) is 2.36. The van der Waals surface area contributed by atoms with Crippen LogP contribution in [-0.2, 0) is 0 Å². The minimum atomic E-state index is -5.20. The van der Waals surface area contributed by atoms with E-state index in [-0.39, 0.29) is 56.4 Å². The van der Waals surface area contributed by atoms with E-state index >= 15 is 0 Å². The SMILES string of the molecule is FC(F)COc1cc([B-](F)(F)F)ccc1Cl.[K+]. The molecule has 17 heavy (non-hydrogen) atoms. The molecule has 0 radical (unpaired) electrons. The van der Waals surface area contributed by atoms with Gasteiger partial charge >= 0.3 is 58.4 Å². The van der Waals surface area contributed by atoms with Crippen LogP contribution in [0, 0.1) is 0 Å². The van der Waals surface area contributed by atoms with E-state index in [1.54, 1.807) is 0 Å². The molecule has 9 heteroatoms. The third kappa shape index (κ3) is 5.89. The molecule has 0 fully saturated rings. The molecule has 0 saturated carbocycles. The normalized spacial score (nSPS) is 11.2. The molecule has 1 nitrogen and oxygen atoms in total. The monoisotopic (exact) mass is 298 g/mol. The van der Waals surface area contributed by atoms with E-state index in [0.29, 0.717) is 6.07 Å². The van der Waals surface area contributed by atoms with Crippen LogP contribution in [0.5, 0.6) is 5.75 Å². The van der Waals surface area contributed by atoms with Crippen molar-refractivity contribution in [2.75, 3.05) is 6.61 Å². The predicted octanol–water partition coefficient (Wildman–Crippen LogP) is 0.0423. The van der Waals surface area contributed by atoms with Crippen LogP contribution in [0.2, 0.25) is 5.02 Å². The quantitative estimate of drug-likeness (QED) is 0.563. The number of benzene rings is 1. The van der Waals surface area contributed by atoms with Crippen LogP contribution in [0.15, 0.2) is 18.2 Å². The Labute approximate surface area is 142 Å². The molecule has 0 bridgehead atoms.